The number of aromatic nitrogens is 4. The molecule has 1 fully saturated rings. The van der Waals surface area contributed by atoms with E-state index in [9.17, 15) is 4.39 Å². The van der Waals surface area contributed by atoms with Gasteiger partial charge in [-0.15, -0.1) is 0 Å². The Morgan fingerprint density at radius 3 is 2.68 bits per heavy atom. The van der Waals surface area contributed by atoms with Crippen molar-refractivity contribution in [3.05, 3.63) is 36.4 Å². The smallest absolute Gasteiger partial charge is 0.231 e. The highest BCUT2D eigenvalue weighted by molar-refractivity contribution is 5.84. The summed E-state index contributed by atoms with van der Waals surface area (Å²) in [5, 5.41) is 6.57. The summed E-state index contributed by atoms with van der Waals surface area (Å²) in [6, 6.07) is 6.11. The van der Waals surface area contributed by atoms with Crippen molar-refractivity contribution in [1.29, 1.82) is 0 Å². The van der Waals surface area contributed by atoms with Gasteiger partial charge < -0.3 is 15.6 Å². The quantitative estimate of drug-likeness (QED) is 0.648. The van der Waals surface area contributed by atoms with E-state index in [-0.39, 0.29) is 5.82 Å². The fraction of sp³-hybridized carbons (Fsp3) is 0.389. The van der Waals surface area contributed by atoms with E-state index in [1.807, 2.05) is 0 Å². The largest absolute Gasteiger partial charge is 0.368 e. The number of hydrogen-bond donors (Lipinski definition) is 3. The Labute approximate surface area is 145 Å². The van der Waals surface area contributed by atoms with Gasteiger partial charge in [0.1, 0.15) is 11.3 Å². The van der Waals surface area contributed by atoms with E-state index in [0.29, 0.717) is 17.5 Å². The van der Waals surface area contributed by atoms with Crippen LogP contribution in [0.4, 0.5) is 21.8 Å². The van der Waals surface area contributed by atoms with Crippen molar-refractivity contribution in [2.24, 2.45) is 5.92 Å². The number of H-pyrrole nitrogens is 1. The van der Waals surface area contributed by atoms with Gasteiger partial charge in [0, 0.05) is 12.2 Å². The summed E-state index contributed by atoms with van der Waals surface area (Å²) in [4.78, 5) is 16.3. The Balaban J connectivity index is 1.54. The minimum atomic E-state index is -0.274. The molecule has 6 nitrogen and oxygen atoms in total. The van der Waals surface area contributed by atoms with Crippen molar-refractivity contribution in [1.82, 2.24) is 19.9 Å². The predicted molar refractivity (Wildman–Crippen MR) is 96.4 cm³/mol. The molecule has 3 aromatic rings. The summed E-state index contributed by atoms with van der Waals surface area (Å²) >= 11 is 0. The van der Waals surface area contributed by atoms with E-state index >= 15 is 0 Å². The Kier molecular flexibility index (Phi) is 4.45. The average Bonchev–Trinajstić information content (AvgIpc) is 3.11. The van der Waals surface area contributed by atoms with Crippen molar-refractivity contribution in [2.45, 2.75) is 32.1 Å². The van der Waals surface area contributed by atoms with E-state index in [1.54, 1.807) is 18.5 Å². The molecule has 4 rings (SSSR count). The van der Waals surface area contributed by atoms with Crippen molar-refractivity contribution < 1.29 is 4.39 Å². The Morgan fingerprint density at radius 1 is 1.08 bits per heavy atom. The van der Waals surface area contributed by atoms with Gasteiger partial charge in [0.2, 0.25) is 5.95 Å². The van der Waals surface area contributed by atoms with Crippen LogP contribution < -0.4 is 10.6 Å². The minimum Gasteiger partial charge on any atom is -0.368 e. The van der Waals surface area contributed by atoms with Crippen LogP contribution in [0.15, 0.2) is 30.6 Å². The van der Waals surface area contributed by atoms with Gasteiger partial charge in [-0.2, -0.15) is 9.97 Å². The van der Waals surface area contributed by atoms with Gasteiger partial charge >= 0.3 is 0 Å². The highest BCUT2D eigenvalue weighted by Crippen LogP contribution is 2.26. The molecule has 0 bridgehead atoms. The second-order valence-corrected chi connectivity index (χ2v) is 6.51. The van der Waals surface area contributed by atoms with E-state index < -0.39 is 0 Å². The molecule has 1 saturated carbocycles. The van der Waals surface area contributed by atoms with Gasteiger partial charge in [0.25, 0.3) is 0 Å². The molecule has 2 aromatic heterocycles. The number of nitrogens with zero attached hydrogens (tertiary/aromatic N) is 3. The molecule has 1 aliphatic rings. The fourth-order valence-electron chi connectivity index (χ4n) is 3.31. The number of hydrogen-bond acceptors (Lipinski definition) is 5. The molecule has 0 saturated heterocycles. The maximum atomic E-state index is 13.1. The van der Waals surface area contributed by atoms with Crippen molar-refractivity contribution in [3.8, 4) is 0 Å². The third-order valence-electron chi connectivity index (χ3n) is 4.67. The first-order valence-corrected chi connectivity index (χ1v) is 8.75. The maximum absolute atomic E-state index is 13.1. The maximum Gasteiger partial charge on any atom is 0.231 e. The third-order valence-corrected chi connectivity index (χ3v) is 4.67. The topological polar surface area (TPSA) is 78.5 Å². The normalized spacial score (nSPS) is 15.4. The van der Waals surface area contributed by atoms with Crippen molar-refractivity contribution >= 4 is 28.6 Å². The highest BCUT2D eigenvalue weighted by Gasteiger charge is 2.15. The third kappa shape index (κ3) is 3.70. The van der Waals surface area contributed by atoms with Crippen LogP contribution in [0.3, 0.4) is 0 Å². The van der Waals surface area contributed by atoms with Crippen LogP contribution in [-0.4, -0.2) is 26.5 Å². The average molecular weight is 340 g/mol. The SMILES string of the molecule is Fc1ccc(Nc2nc(NCC3CCCCC3)c3[nH]cnc3n2)cc1. The zero-order valence-corrected chi connectivity index (χ0v) is 13.9. The first-order chi connectivity index (χ1) is 12.3. The van der Waals surface area contributed by atoms with Crippen LogP contribution in [0.25, 0.3) is 11.2 Å². The second kappa shape index (κ2) is 7.04. The lowest BCUT2D eigenvalue weighted by molar-refractivity contribution is 0.373. The lowest BCUT2D eigenvalue weighted by Crippen LogP contribution is -2.18. The molecular formula is C18H21FN6. The van der Waals surface area contributed by atoms with Gasteiger partial charge in [-0.1, -0.05) is 19.3 Å². The van der Waals surface area contributed by atoms with E-state index in [1.165, 1.54) is 44.2 Å². The standard InChI is InChI=1S/C18H21FN6/c19-13-6-8-14(9-7-13)23-18-24-16(15-17(25-18)22-11-21-15)20-10-12-4-2-1-3-5-12/h6-9,11-12H,1-5,10H2,(H3,20,21,22,23,24,25). The van der Waals surface area contributed by atoms with Crippen LogP contribution in [0.2, 0.25) is 0 Å². The number of aromatic amines is 1. The number of halogens is 1. The summed E-state index contributed by atoms with van der Waals surface area (Å²) in [5.41, 5.74) is 2.14. The van der Waals surface area contributed by atoms with Crippen LogP contribution in [0.1, 0.15) is 32.1 Å². The zero-order chi connectivity index (χ0) is 17.1. The van der Waals surface area contributed by atoms with Gasteiger partial charge in [-0.05, 0) is 43.0 Å². The summed E-state index contributed by atoms with van der Waals surface area (Å²) in [5.74, 6) is 1.61. The molecule has 0 atom stereocenters. The van der Waals surface area contributed by atoms with Crippen LogP contribution in [0, 0.1) is 11.7 Å². The number of imidazole rings is 1. The molecule has 2 heterocycles. The molecule has 0 unspecified atom stereocenters. The van der Waals surface area contributed by atoms with Crippen LogP contribution >= 0.6 is 0 Å². The summed E-state index contributed by atoms with van der Waals surface area (Å²) in [6.07, 6.45) is 8.13. The van der Waals surface area contributed by atoms with Gasteiger partial charge in [-0.25, -0.2) is 9.37 Å². The van der Waals surface area contributed by atoms with Gasteiger partial charge in [0.05, 0.1) is 6.33 Å². The van der Waals surface area contributed by atoms with Crippen molar-refractivity contribution in [2.75, 3.05) is 17.2 Å². The monoisotopic (exact) mass is 340 g/mol. The van der Waals surface area contributed by atoms with E-state index in [0.717, 1.165) is 23.6 Å². The highest BCUT2D eigenvalue weighted by atomic mass is 19.1. The summed E-state index contributed by atoms with van der Waals surface area (Å²) in [6.45, 7) is 0.904. The Morgan fingerprint density at radius 2 is 1.88 bits per heavy atom. The number of rotatable bonds is 5. The Bertz CT molecular complexity index is 838. The first kappa shape index (κ1) is 15.8. The molecule has 0 spiro atoms. The molecule has 0 amide bonds. The van der Waals surface area contributed by atoms with Crippen LogP contribution in [-0.2, 0) is 0 Å². The Hall–Kier alpha value is -2.70. The second-order valence-electron chi connectivity index (χ2n) is 6.51. The number of nitrogens with one attached hydrogen (secondary N) is 3. The fourth-order valence-corrected chi connectivity index (χ4v) is 3.31. The van der Waals surface area contributed by atoms with Gasteiger partial charge in [-0.3, -0.25) is 0 Å². The lowest BCUT2D eigenvalue weighted by atomic mass is 9.89. The van der Waals surface area contributed by atoms with Gasteiger partial charge in [0.15, 0.2) is 11.5 Å². The first-order valence-electron chi connectivity index (χ1n) is 8.75. The molecule has 0 radical (unpaired) electrons. The zero-order valence-electron chi connectivity index (χ0n) is 13.9. The van der Waals surface area contributed by atoms with E-state index in [2.05, 4.69) is 30.6 Å². The number of benzene rings is 1. The minimum absolute atomic E-state index is 0.274. The molecule has 25 heavy (non-hydrogen) atoms. The lowest BCUT2D eigenvalue weighted by Gasteiger charge is -2.22. The summed E-state index contributed by atoms with van der Waals surface area (Å²) < 4.78 is 13.1. The molecule has 7 heteroatoms. The molecule has 0 aliphatic heterocycles. The molecule has 3 N–H and O–H groups in total. The predicted octanol–water partition coefficient (Wildman–Crippen LogP) is 4.23. The van der Waals surface area contributed by atoms with Crippen molar-refractivity contribution in [3.63, 3.8) is 0 Å². The van der Waals surface area contributed by atoms with Crippen LogP contribution in [0.5, 0.6) is 0 Å². The molecular weight excluding hydrogens is 319 g/mol. The summed E-state index contributed by atoms with van der Waals surface area (Å²) in [7, 11) is 0. The molecule has 1 aromatic carbocycles. The van der Waals surface area contributed by atoms with E-state index in [4.69, 9.17) is 0 Å². The molecule has 130 valence electrons. The number of anilines is 3. The molecule has 1 aliphatic carbocycles. The number of fused-ring (bicyclic) bond motifs is 1.